The van der Waals surface area contributed by atoms with Crippen molar-refractivity contribution < 1.29 is 5.11 Å². The molecular formula is C24H35N5OS. The number of nitrogens with one attached hydrogen (secondary N) is 1. The Bertz CT molecular complexity index is 807. The lowest BCUT2D eigenvalue weighted by Gasteiger charge is -2.37. The number of guanidine groups is 1. The fourth-order valence-corrected chi connectivity index (χ4v) is 5.15. The van der Waals surface area contributed by atoms with Crippen LogP contribution in [0.25, 0.3) is 0 Å². The molecule has 4 rings (SSSR count). The molecule has 7 heteroatoms. The minimum absolute atomic E-state index is 0.321. The van der Waals surface area contributed by atoms with Gasteiger partial charge in [-0.3, -0.25) is 0 Å². The van der Waals surface area contributed by atoms with Crippen LogP contribution in [0.1, 0.15) is 25.3 Å². The summed E-state index contributed by atoms with van der Waals surface area (Å²) < 4.78 is 0. The van der Waals surface area contributed by atoms with Gasteiger partial charge in [0.1, 0.15) is 0 Å². The molecule has 0 aliphatic carbocycles. The van der Waals surface area contributed by atoms with Crippen molar-refractivity contribution in [1.29, 1.82) is 0 Å². The van der Waals surface area contributed by atoms with E-state index in [4.69, 9.17) is 4.99 Å². The average molecular weight is 442 g/mol. The van der Waals surface area contributed by atoms with Gasteiger partial charge in [0.05, 0.1) is 11.5 Å². The monoisotopic (exact) mass is 441 g/mol. The molecule has 0 bridgehead atoms. The Morgan fingerprint density at radius 2 is 1.77 bits per heavy atom. The second-order valence-electron chi connectivity index (χ2n) is 8.37. The molecule has 2 saturated heterocycles. The van der Waals surface area contributed by atoms with Crippen molar-refractivity contribution in [2.24, 2.45) is 10.9 Å². The number of benzene rings is 1. The standard InChI is InChI=1S/C24H35N5OS/c1-2-25-24(29-15-13-28(14-16-29)23-4-3-17-31-23)26-18-20-5-7-22(8-6-20)27-11-9-21(19-30)10-12-27/h3-8,17,21,30H,2,9-16,18-19H2,1H3,(H,25,26). The van der Waals surface area contributed by atoms with E-state index in [0.717, 1.165) is 64.6 Å². The zero-order chi connectivity index (χ0) is 21.5. The lowest BCUT2D eigenvalue weighted by molar-refractivity contribution is 0.203. The van der Waals surface area contributed by atoms with Crippen molar-refractivity contribution in [2.75, 3.05) is 62.2 Å². The van der Waals surface area contributed by atoms with Crippen molar-refractivity contribution >= 4 is 28.0 Å². The van der Waals surface area contributed by atoms with E-state index in [2.05, 4.69) is 68.7 Å². The molecule has 2 fully saturated rings. The molecule has 0 amide bonds. The van der Waals surface area contributed by atoms with Gasteiger partial charge in [0.25, 0.3) is 0 Å². The van der Waals surface area contributed by atoms with Gasteiger partial charge in [0.2, 0.25) is 0 Å². The van der Waals surface area contributed by atoms with Crippen LogP contribution in [0.5, 0.6) is 0 Å². The Hall–Kier alpha value is -2.25. The molecule has 168 valence electrons. The summed E-state index contributed by atoms with van der Waals surface area (Å²) in [6, 6.07) is 13.2. The Labute approximate surface area is 190 Å². The van der Waals surface area contributed by atoms with Gasteiger partial charge in [-0.15, -0.1) is 11.3 Å². The van der Waals surface area contributed by atoms with Gasteiger partial charge in [-0.2, -0.15) is 0 Å². The number of aliphatic hydroxyl groups excluding tert-OH is 1. The van der Waals surface area contributed by atoms with Gasteiger partial charge >= 0.3 is 0 Å². The largest absolute Gasteiger partial charge is 0.396 e. The van der Waals surface area contributed by atoms with Crippen LogP contribution in [0.2, 0.25) is 0 Å². The second-order valence-corrected chi connectivity index (χ2v) is 9.30. The van der Waals surface area contributed by atoms with E-state index in [0.29, 0.717) is 19.1 Å². The first-order valence-corrected chi connectivity index (χ1v) is 12.4. The third kappa shape index (κ3) is 5.71. The number of thiophene rings is 1. The predicted molar refractivity (Wildman–Crippen MR) is 131 cm³/mol. The van der Waals surface area contributed by atoms with Crippen molar-refractivity contribution in [1.82, 2.24) is 10.2 Å². The summed E-state index contributed by atoms with van der Waals surface area (Å²) in [4.78, 5) is 12.2. The van der Waals surface area contributed by atoms with Gasteiger partial charge in [-0.25, -0.2) is 4.99 Å². The summed E-state index contributed by atoms with van der Waals surface area (Å²) >= 11 is 1.82. The highest BCUT2D eigenvalue weighted by atomic mass is 32.1. The number of aliphatic hydroxyl groups is 1. The van der Waals surface area contributed by atoms with Gasteiger partial charge in [-0.1, -0.05) is 12.1 Å². The lowest BCUT2D eigenvalue weighted by Crippen LogP contribution is -2.52. The summed E-state index contributed by atoms with van der Waals surface area (Å²) in [7, 11) is 0. The number of anilines is 2. The van der Waals surface area contributed by atoms with Crippen LogP contribution in [0, 0.1) is 5.92 Å². The smallest absolute Gasteiger partial charge is 0.194 e. The Balaban J connectivity index is 1.32. The van der Waals surface area contributed by atoms with Gasteiger partial charge < -0.3 is 25.1 Å². The van der Waals surface area contributed by atoms with Crippen LogP contribution in [0.4, 0.5) is 10.7 Å². The third-order valence-corrected chi connectivity index (χ3v) is 7.25. The van der Waals surface area contributed by atoms with Crippen LogP contribution >= 0.6 is 11.3 Å². The topological polar surface area (TPSA) is 54.3 Å². The zero-order valence-electron chi connectivity index (χ0n) is 18.5. The van der Waals surface area contributed by atoms with E-state index < -0.39 is 0 Å². The minimum Gasteiger partial charge on any atom is -0.396 e. The summed E-state index contributed by atoms with van der Waals surface area (Å²) in [5, 5.41) is 16.3. The molecule has 0 radical (unpaired) electrons. The Morgan fingerprint density at radius 1 is 1.03 bits per heavy atom. The van der Waals surface area contributed by atoms with Crippen molar-refractivity contribution in [2.45, 2.75) is 26.3 Å². The normalized spacial score (nSPS) is 18.5. The molecule has 1 aromatic heterocycles. The Kier molecular flexibility index (Phi) is 7.70. The molecule has 31 heavy (non-hydrogen) atoms. The molecule has 0 atom stereocenters. The van der Waals surface area contributed by atoms with E-state index in [1.165, 1.54) is 16.3 Å². The van der Waals surface area contributed by atoms with Crippen molar-refractivity contribution in [3.05, 3.63) is 47.3 Å². The molecule has 0 saturated carbocycles. The summed E-state index contributed by atoms with van der Waals surface area (Å²) in [5.41, 5.74) is 2.52. The van der Waals surface area contributed by atoms with E-state index in [9.17, 15) is 5.11 Å². The average Bonchev–Trinajstić information content (AvgIpc) is 3.37. The highest BCUT2D eigenvalue weighted by molar-refractivity contribution is 7.14. The van der Waals surface area contributed by atoms with Crippen LogP contribution in [0.15, 0.2) is 46.8 Å². The van der Waals surface area contributed by atoms with Gasteiger partial charge in [0, 0.05) is 58.1 Å². The number of nitrogens with zero attached hydrogens (tertiary/aromatic N) is 4. The third-order valence-electron chi connectivity index (χ3n) is 6.32. The maximum atomic E-state index is 9.34. The maximum Gasteiger partial charge on any atom is 0.194 e. The van der Waals surface area contributed by atoms with Crippen molar-refractivity contribution in [3.63, 3.8) is 0 Å². The SMILES string of the molecule is CCNC(=NCc1ccc(N2CCC(CO)CC2)cc1)N1CCN(c2cccs2)CC1. The van der Waals surface area contributed by atoms with E-state index >= 15 is 0 Å². The first kappa shape index (κ1) is 22.0. The molecule has 3 heterocycles. The number of piperidine rings is 1. The molecule has 2 N–H and O–H groups in total. The molecule has 2 aliphatic heterocycles. The zero-order valence-corrected chi connectivity index (χ0v) is 19.4. The van der Waals surface area contributed by atoms with E-state index in [-0.39, 0.29) is 0 Å². The second kappa shape index (κ2) is 10.9. The number of piperazine rings is 1. The molecule has 2 aliphatic rings. The summed E-state index contributed by atoms with van der Waals surface area (Å²) in [6.07, 6.45) is 2.16. The molecule has 6 nitrogen and oxygen atoms in total. The van der Waals surface area contributed by atoms with Crippen molar-refractivity contribution in [3.8, 4) is 0 Å². The minimum atomic E-state index is 0.321. The summed E-state index contributed by atoms with van der Waals surface area (Å²) in [6.45, 7) is 10.1. The fraction of sp³-hybridized carbons (Fsp3) is 0.542. The predicted octanol–water partition coefficient (Wildman–Crippen LogP) is 3.24. The maximum absolute atomic E-state index is 9.34. The molecule has 0 unspecified atom stereocenters. The number of rotatable bonds is 6. The molecular weight excluding hydrogens is 406 g/mol. The first-order chi connectivity index (χ1) is 15.3. The van der Waals surface area contributed by atoms with Crippen LogP contribution in [0.3, 0.4) is 0 Å². The highest BCUT2D eigenvalue weighted by Gasteiger charge is 2.21. The fourth-order valence-electron chi connectivity index (χ4n) is 4.37. The molecule has 1 aromatic carbocycles. The van der Waals surface area contributed by atoms with E-state index in [1.807, 2.05) is 11.3 Å². The van der Waals surface area contributed by atoms with Crippen LogP contribution < -0.4 is 15.1 Å². The van der Waals surface area contributed by atoms with E-state index in [1.54, 1.807) is 0 Å². The van der Waals surface area contributed by atoms with Crippen LogP contribution in [-0.2, 0) is 6.54 Å². The molecule has 2 aromatic rings. The number of aliphatic imine (C=N–C) groups is 1. The lowest BCUT2D eigenvalue weighted by atomic mass is 9.97. The Morgan fingerprint density at radius 3 is 2.39 bits per heavy atom. The quantitative estimate of drug-likeness (QED) is 0.532. The first-order valence-electron chi connectivity index (χ1n) is 11.5. The number of hydrogen-bond donors (Lipinski definition) is 2. The molecule has 0 spiro atoms. The highest BCUT2D eigenvalue weighted by Crippen LogP contribution is 2.24. The van der Waals surface area contributed by atoms with Crippen LogP contribution in [-0.4, -0.2) is 68.4 Å². The van der Waals surface area contributed by atoms with Gasteiger partial charge in [-0.05, 0) is 60.9 Å². The van der Waals surface area contributed by atoms with Gasteiger partial charge in [0.15, 0.2) is 5.96 Å². The summed E-state index contributed by atoms with van der Waals surface area (Å²) in [5.74, 6) is 1.49. The number of hydrogen-bond acceptors (Lipinski definition) is 5.